The second kappa shape index (κ2) is 9.96. The van der Waals surface area contributed by atoms with Gasteiger partial charge in [0.1, 0.15) is 20.2 Å². The Kier molecular flexibility index (Phi) is 10.4. The Labute approximate surface area is 141 Å². The summed E-state index contributed by atoms with van der Waals surface area (Å²) in [5.41, 5.74) is 0. The molecule has 0 aliphatic heterocycles. The lowest BCUT2D eigenvalue weighted by atomic mass is 10.5. The van der Waals surface area contributed by atoms with Crippen LogP contribution in [0.2, 0.25) is 64.0 Å². The summed E-state index contributed by atoms with van der Waals surface area (Å²) in [4.78, 5) is 0. The highest BCUT2D eigenvalue weighted by atomic mass is 28.4. The molecule has 0 saturated carbocycles. The summed E-state index contributed by atoms with van der Waals surface area (Å²) in [6.45, 7) is 17.1. The molecule has 21 heavy (non-hydrogen) atoms. The fourth-order valence-corrected chi connectivity index (χ4v) is 10.0. The first-order valence-electron chi connectivity index (χ1n) is 8.31. The second-order valence-corrected chi connectivity index (χ2v) is 24.5. The summed E-state index contributed by atoms with van der Waals surface area (Å²) < 4.78 is 18.0. The zero-order valence-electron chi connectivity index (χ0n) is 15.7. The van der Waals surface area contributed by atoms with Gasteiger partial charge in [0, 0.05) is 6.61 Å². The summed E-state index contributed by atoms with van der Waals surface area (Å²) in [5.74, 6) is 0. The van der Waals surface area contributed by atoms with Crippen LogP contribution >= 0.6 is 0 Å². The molecule has 0 spiro atoms. The third-order valence-corrected chi connectivity index (χ3v) is 17.0. The molecule has 0 saturated heterocycles. The highest BCUT2D eigenvalue weighted by Gasteiger charge is 2.23. The van der Waals surface area contributed by atoms with E-state index in [1.54, 1.807) is 0 Å². The van der Waals surface area contributed by atoms with Crippen molar-refractivity contribution >= 4 is 45.2 Å². The molecule has 0 heterocycles. The van der Waals surface area contributed by atoms with Crippen molar-refractivity contribution in [1.29, 1.82) is 0 Å². The van der Waals surface area contributed by atoms with Crippen LogP contribution in [0, 0.1) is 0 Å². The van der Waals surface area contributed by atoms with Crippen LogP contribution in [0.1, 0.15) is 12.8 Å². The van der Waals surface area contributed by atoms with Crippen molar-refractivity contribution in [1.82, 2.24) is 0 Å². The van der Waals surface area contributed by atoms with Gasteiger partial charge in [-0.3, -0.25) is 0 Å². The number of rotatable bonds is 12. The fraction of sp³-hybridized carbons (Fsp3) is 1.00. The van der Waals surface area contributed by atoms with Crippen LogP contribution in [0.25, 0.3) is 0 Å². The topological polar surface area (TPSA) is 27.7 Å². The summed E-state index contributed by atoms with van der Waals surface area (Å²) in [6, 6.07) is 3.87. The van der Waals surface area contributed by atoms with Gasteiger partial charge in [0.15, 0.2) is 25.0 Å². The number of hydrogen-bond acceptors (Lipinski definition) is 3. The quantitative estimate of drug-likeness (QED) is 0.384. The van der Waals surface area contributed by atoms with Crippen LogP contribution in [-0.2, 0) is 12.7 Å². The lowest BCUT2D eigenvalue weighted by Gasteiger charge is -2.25. The van der Waals surface area contributed by atoms with Crippen molar-refractivity contribution in [3.8, 4) is 0 Å². The Morgan fingerprint density at radius 1 is 0.857 bits per heavy atom. The maximum Gasteiger partial charge on any atom is 0.183 e. The maximum atomic E-state index is 6.33. The molecule has 0 aromatic carbocycles. The predicted octanol–water partition coefficient (Wildman–Crippen LogP) is 2.84. The highest BCUT2D eigenvalue weighted by molar-refractivity contribution is 6.75. The zero-order chi connectivity index (χ0) is 16.6. The van der Waals surface area contributed by atoms with E-state index in [1.165, 1.54) is 31.0 Å². The van der Waals surface area contributed by atoms with Crippen LogP contribution < -0.4 is 0 Å². The van der Waals surface area contributed by atoms with Crippen LogP contribution in [-0.4, -0.2) is 51.8 Å². The minimum atomic E-state index is -1.42. The smallest absolute Gasteiger partial charge is 0.183 e. The molecule has 0 aliphatic rings. The van der Waals surface area contributed by atoms with E-state index in [-0.39, 0.29) is 9.76 Å². The Balaban J connectivity index is 3.69. The van der Waals surface area contributed by atoms with Crippen molar-refractivity contribution < 1.29 is 12.7 Å². The third kappa shape index (κ3) is 14.3. The van der Waals surface area contributed by atoms with E-state index in [0.717, 1.165) is 17.1 Å². The van der Waals surface area contributed by atoms with Gasteiger partial charge < -0.3 is 12.7 Å². The first-order chi connectivity index (χ1) is 9.47. The molecule has 0 atom stereocenters. The third-order valence-electron chi connectivity index (χ3n) is 3.68. The Morgan fingerprint density at radius 2 is 1.43 bits per heavy atom. The van der Waals surface area contributed by atoms with Gasteiger partial charge >= 0.3 is 0 Å². The molecular formula is C13H38O3Si5. The average Bonchev–Trinajstić information content (AvgIpc) is 2.33. The summed E-state index contributed by atoms with van der Waals surface area (Å²) >= 11 is 0. The summed E-state index contributed by atoms with van der Waals surface area (Å²) in [7, 11) is -3.47. The highest BCUT2D eigenvalue weighted by Crippen LogP contribution is 2.17. The van der Waals surface area contributed by atoms with Gasteiger partial charge in [0.05, 0.1) is 0 Å². The molecule has 0 unspecified atom stereocenters. The first-order valence-corrected chi connectivity index (χ1v) is 20.3. The van der Waals surface area contributed by atoms with Crippen LogP contribution in [0.15, 0.2) is 0 Å². The van der Waals surface area contributed by atoms with Gasteiger partial charge in [0.25, 0.3) is 0 Å². The lowest BCUT2D eigenvalue weighted by molar-refractivity contribution is 0.309. The monoisotopic (exact) mass is 382 g/mol. The molecular weight excluding hydrogens is 345 g/mol. The molecule has 8 heteroatoms. The maximum absolute atomic E-state index is 6.33. The second-order valence-electron chi connectivity index (χ2n) is 8.09. The molecule has 0 aliphatic carbocycles. The van der Waals surface area contributed by atoms with Gasteiger partial charge in [-0.25, -0.2) is 0 Å². The predicted molar refractivity (Wildman–Crippen MR) is 109 cm³/mol. The SMILES string of the molecule is C[Si](C)(C)OCCC[Si](C)(C)O[SiH2]CCC[Si](C)(C)O[SiH3]. The Morgan fingerprint density at radius 3 is 1.95 bits per heavy atom. The molecule has 0 fully saturated rings. The van der Waals surface area contributed by atoms with Crippen molar-refractivity contribution in [2.75, 3.05) is 6.61 Å². The normalized spacial score (nSPS) is 14.4. The van der Waals surface area contributed by atoms with Crippen molar-refractivity contribution in [2.24, 2.45) is 0 Å². The first kappa shape index (κ1) is 22.0. The van der Waals surface area contributed by atoms with E-state index < -0.39 is 25.0 Å². The molecule has 0 bridgehead atoms. The molecule has 0 amide bonds. The summed E-state index contributed by atoms with van der Waals surface area (Å²) in [5, 5.41) is 0. The molecule has 0 N–H and O–H groups in total. The van der Waals surface area contributed by atoms with E-state index in [1.807, 2.05) is 0 Å². The van der Waals surface area contributed by atoms with Crippen LogP contribution in [0.3, 0.4) is 0 Å². The van der Waals surface area contributed by atoms with Gasteiger partial charge in [-0.15, -0.1) is 0 Å². The Hall–Kier alpha value is 0.964. The van der Waals surface area contributed by atoms with Crippen molar-refractivity contribution in [2.45, 2.75) is 76.8 Å². The van der Waals surface area contributed by atoms with E-state index in [2.05, 4.69) is 45.8 Å². The molecule has 0 aromatic heterocycles. The van der Waals surface area contributed by atoms with E-state index in [4.69, 9.17) is 12.7 Å². The lowest BCUT2D eigenvalue weighted by Crippen LogP contribution is -2.33. The largest absolute Gasteiger partial charge is 0.463 e. The molecule has 0 rings (SSSR count). The minimum Gasteiger partial charge on any atom is -0.463 e. The van der Waals surface area contributed by atoms with Gasteiger partial charge in [0.2, 0.25) is 0 Å². The fourth-order valence-electron chi connectivity index (χ4n) is 2.05. The van der Waals surface area contributed by atoms with Gasteiger partial charge in [-0.2, -0.15) is 0 Å². The molecule has 128 valence electrons. The van der Waals surface area contributed by atoms with Crippen molar-refractivity contribution in [3.63, 3.8) is 0 Å². The zero-order valence-corrected chi connectivity index (χ0v) is 22.1. The van der Waals surface area contributed by atoms with Gasteiger partial charge in [-0.1, -0.05) is 6.42 Å². The van der Waals surface area contributed by atoms with Crippen LogP contribution in [0.5, 0.6) is 0 Å². The van der Waals surface area contributed by atoms with E-state index in [9.17, 15) is 0 Å². The number of hydrogen-bond donors (Lipinski definition) is 0. The molecule has 3 nitrogen and oxygen atoms in total. The van der Waals surface area contributed by atoms with E-state index in [0.29, 0.717) is 0 Å². The molecule has 0 aromatic rings. The standard InChI is InChI=1S/C13H38O3Si5/c1-19(2,3)14-10-8-12-21(6,7)16-18-11-9-13-20(4,5)15-17/h8-13,18H2,1-7,17H3. The van der Waals surface area contributed by atoms with Crippen LogP contribution in [0.4, 0.5) is 0 Å². The van der Waals surface area contributed by atoms with Crippen molar-refractivity contribution in [3.05, 3.63) is 0 Å². The average molecular weight is 383 g/mol. The summed E-state index contributed by atoms with van der Waals surface area (Å²) in [6.07, 6.45) is 2.49. The molecule has 0 radical (unpaired) electrons. The Bertz CT molecular complexity index is 279. The van der Waals surface area contributed by atoms with Gasteiger partial charge in [-0.05, 0) is 70.4 Å². The minimum absolute atomic E-state index is 0.324. The van der Waals surface area contributed by atoms with E-state index >= 15 is 0 Å².